The fourth-order valence-corrected chi connectivity index (χ4v) is 2.61. The SMILES string of the molecule is CCCCC(Nc1nccc2c(Br)cccc12)C(=O)O. The molecule has 0 saturated carbocycles. The van der Waals surface area contributed by atoms with Gasteiger partial charge in [-0.15, -0.1) is 0 Å². The molecule has 0 bridgehead atoms. The lowest BCUT2D eigenvalue weighted by Crippen LogP contribution is -2.29. The van der Waals surface area contributed by atoms with Crippen LogP contribution in [0.3, 0.4) is 0 Å². The monoisotopic (exact) mass is 336 g/mol. The van der Waals surface area contributed by atoms with Crippen LogP contribution in [0, 0.1) is 0 Å². The number of nitrogens with zero attached hydrogens (tertiary/aromatic N) is 1. The number of unbranched alkanes of at least 4 members (excludes halogenated alkanes) is 1. The Hall–Kier alpha value is -1.62. The van der Waals surface area contributed by atoms with Crippen molar-refractivity contribution in [2.45, 2.75) is 32.2 Å². The van der Waals surface area contributed by atoms with E-state index in [2.05, 4.69) is 26.2 Å². The number of pyridine rings is 1. The van der Waals surface area contributed by atoms with Crippen LogP contribution in [0.25, 0.3) is 10.8 Å². The van der Waals surface area contributed by atoms with E-state index in [1.165, 1.54) is 0 Å². The maximum absolute atomic E-state index is 11.3. The Kier molecular flexibility index (Phi) is 4.95. The van der Waals surface area contributed by atoms with Gasteiger partial charge in [0.25, 0.3) is 0 Å². The summed E-state index contributed by atoms with van der Waals surface area (Å²) in [5.74, 6) is -0.223. The zero-order chi connectivity index (χ0) is 14.5. The number of carboxylic acid groups (broad SMARTS) is 1. The summed E-state index contributed by atoms with van der Waals surface area (Å²) in [6.45, 7) is 2.05. The second kappa shape index (κ2) is 6.70. The summed E-state index contributed by atoms with van der Waals surface area (Å²) in [5.41, 5.74) is 0. The molecule has 0 amide bonds. The molecule has 0 spiro atoms. The third-order valence-corrected chi connectivity index (χ3v) is 3.90. The lowest BCUT2D eigenvalue weighted by molar-refractivity contribution is -0.138. The molecule has 0 aliphatic heterocycles. The number of hydrogen-bond donors (Lipinski definition) is 2. The summed E-state index contributed by atoms with van der Waals surface area (Å²) in [6, 6.07) is 7.12. The van der Waals surface area contributed by atoms with Crippen molar-refractivity contribution in [2.24, 2.45) is 0 Å². The number of benzene rings is 1. The van der Waals surface area contributed by atoms with Crippen molar-refractivity contribution < 1.29 is 9.90 Å². The number of nitrogens with one attached hydrogen (secondary N) is 1. The molecule has 1 aromatic carbocycles. The van der Waals surface area contributed by atoms with E-state index in [0.717, 1.165) is 28.1 Å². The molecule has 0 radical (unpaired) electrons. The van der Waals surface area contributed by atoms with Gasteiger partial charge >= 0.3 is 5.97 Å². The predicted molar refractivity (Wildman–Crippen MR) is 84.0 cm³/mol. The first-order valence-electron chi connectivity index (χ1n) is 6.66. The molecular weight excluding hydrogens is 320 g/mol. The second-order valence-corrected chi connectivity index (χ2v) is 5.53. The number of carboxylic acids is 1. The zero-order valence-corrected chi connectivity index (χ0v) is 12.9. The van der Waals surface area contributed by atoms with Crippen LogP contribution >= 0.6 is 15.9 Å². The van der Waals surface area contributed by atoms with Gasteiger partial charge in [-0.2, -0.15) is 0 Å². The van der Waals surface area contributed by atoms with E-state index in [0.29, 0.717) is 12.2 Å². The van der Waals surface area contributed by atoms with Crippen molar-refractivity contribution in [2.75, 3.05) is 5.32 Å². The molecule has 106 valence electrons. The predicted octanol–water partition coefficient (Wildman–Crippen LogP) is 4.05. The molecule has 5 heteroatoms. The van der Waals surface area contributed by atoms with Gasteiger partial charge in [-0.3, -0.25) is 0 Å². The summed E-state index contributed by atoms with van der Waals surface area (Å²) < 4.78 is 0.973. The number of aliphatic carboxylic acids is 1. The van der Waals surface area contributed by atoms with Gasteiger partial charge in [-0.1, -0.05) is 47.8 Å². The molecule has 0 aliphatic carbocycles. The van der Waals surface area contributed by atoms with Crippen molar-refractivity contribution in [1.82, 2.24) is 4.98 Å². The van der Waals surface area contributed by atoms with Gasteiger partial charge in [0.2, 0.25) is 0 Å². The summed E-state index contributed by atoms with van der Waals surface area (Å²) in [7, 11) is 0. The lowest BCUT2D eigenvalue weighted by atomic mass is 10.1. The second-order valence-electron chi connectivity index (χ2n) is 4.67. The quantitative estimate of drug-likeness (QED) is 0.835. The molecule has 0 aliphatic rings. The molecule has 20 heavy (non-hydrogen) atoms. The number of anilines is 1. The maximum atomic E-state index is 11.3. The maximum Gasteiger partial charge on any atom is 0.326 e. The first kappa shape index (κ1) is 14.8. The molecular formula is C15H17BrN2O2. The summed E-state index contributed by atoms with van der Waals surface area (Å²) in [4.78, 5) is 15.6. The van der Waals surface area contributed by atoms with Crippen LogP contribution in [-0.2, 0) is 4.79 Å². The first-order valence-corrected chi connectivity index (χ1v) is 7.45. The molecule has 0 fully saturated rings. The van der Waals surface area contributed by atoms with Gasteiger partial charge in [-0.25, -0.2) is 9.78 Å². The summed E-state index contributed by atoms with van der Waals surface area (Å²) in [5, 5.41) is 14.3. The molecule has 1 aromatic heterocycles. The van der Waals surface area contributed by atoms with Gasteiger partial charge < -0.3 is 10.4 Å². The average molecular weight is 337 g/mol. The topological polar surface area (TPSA) is 62.2 Å². The van der Waals surface area contributed by atoms with Crippen LogP contribution in [0.1, 0.15) is 26.2 Å². The number of halogens is 1. The molecule has 1 atom stereocenters. The van der Waals surface area contributed by atoms with E-state index in [1.807, 2.05) is 31.2 Å². The lowest BCUT2D eigenvalue weighted by Gasteiger charge is -2.16. The van der Waals surface area contributed by atoms with E-state index in [9.17, 15) is 9.90 Å². The molecule has 2 rings (SSSR count). The van der Waals surface area contributed by atoms with Gasteiger partial charge in [0, 0.05) is 21.4 Å². The van der Waals surface area contributed by atoms with Gasteiger partial charge in [0.15, 0.2) is 0 Å². The van der Waals surface area contributed by atoms with Crippen LogP contribution in [0.5, 0.6) is 0 Å². The van der Waals surface area contributed by atoms with E-state index in [-0.39, 0.29) is 0 Å². The van der Waals surface area contributed by atoms with E-state index in [1.54, 1.807) is 6.20 Å². The molecule has 1 unspecified atom stereocenters. The highest BCUT2D eigenvalue weighted by Gasteiger charge is 2.18. The third-order valence-electron chi connectivity index (χ3n) is 3.21. The Bertz CT molecular complexity index is 616. The Balaban J connectivity index is 2.32. The fourth-order valence-electron chi connectivity index (χ4n) is 2.11. The Morgan fingerprint density at radius 2 is 2.20 bits per heavy atom. The molecule has 2 aromatic rings. The van der Waals surface area contributed by atoms with E-state index in [4.69, 9.17) is 0 Å². The number of hydrogen-bond acceptors (Lipinski definition) is 3. The molecule has 4 nitrogen and oxygen atoms in total. The summed E-state index contributed by atoms with van der Waals surface area (Å²) >= 11 is 3.50. The highest BCUT2D eigenvalue weighted by Crippen LogP contribution is 2.28. The molecule has 1 heterocycles. The summed E-state index contributed by atoms with van der Waals surface area (Å²) in [6.07, 6.45) is 4.13. The highest BCUT2D eigenvalue weighted by molar-refractivity contribution is 9.10. The first-order chi connectivity index (χ1) is 9.63. The van der Waals surface area contributed by atoms with Crippen LogP contribution in [0.2, 0.25) is 0 Å². The van der Waals surface area contributed by atoms with Crippen LogP contribution in [0.4, 0.5) is 5.82 Å². The number of carbonyl (C=O) groups is 1. The van der Waals surface area contributed by atoms with Crippen LogP contribution in [-0.4, -0.2) is 22.1 Å². The normalized spacial score (nSPS) is 12.3. The Labute approximate surface area is 126 Å². The van der Waals surface area contributed by atoms with Crippen molar-refractivity contribution in [3.8, 4) is 0 Å². The van der Waals surface area contributed by atoms with Crippen molar-refractivity contribution in [3.05, 3.63) is 34.9 Å². The minimum atomic E-state index is -0.841. The Morgan fingerprint density at radius 3 is 2.90 bits per heavy atom. The van der Waals surface area contributed by atoms with Crippen molar-refractivity contribution in [3.63, 3.8) is 0 Å². The third kappa shape index (κ3) is 3.28. The number of aromatic nitrogens is 1. The standard InChI is InChI=1S/C15H17BrN2O2/c1-2-3-7-13(15(19)20)18-14-11-5-4-6-12(16)10(11)8-9-17-14/h4-6,8-9,13H,2-3,7H2,1H3,(H,17,18)(H,19,20). The number of rotatable bonds is 6. The highest BCUT2D eigenvalue weighted by atomic mass is 79.9. The van der Waals surface area contributed by atoms with Crippen molar-refractivity contribution in [1.29, 1.82) is 0 Å². The zero-order valence-electron chi connectivity index (χ0n) is 11.3. The smallest absolute Gasteiger partial charge is 0.326 e. The minimum absolute atomic E-state index is 0.595. The number of fused-ring (bicyclic) bond motifs is 1. The fraction of sp³-hybridized carbons (Fsp3) is 0.333. The Morgan fingerprint density at radius 1 is 1.40 bits per heavy atom. The van der Waals surface area contributed by atoms with Gasteiger partial charge in [0.1, 0.15) is 11.9 Å². The van der Waals surface area contributed by atoms with Gasteiger partial charge in [0.05, 0.1) is 0 Å². The van der Waals surface area contributed by atoms with Crippen LogP contribution < -0.4 is 5.32 Å². The van der Waals surface area contributed by atoms with E-state index >= 15 is 0 Å². The molecule has 2 N–H and O–H groups in total. The minimum Gasteiger partial charge on any atom is -0.480 e. The molecule has 0 saturated heterocycles. The average Bonchev–Trinajstić information content (AvgIpc) is 2.44. The van der Waals surface area contributed by atoms with Crippen LogP contribution in [0.15, 0.2) is 34.9 Å². The van der Waals surface area contributed by atoms with Crippen molar-refractivity contribution >= 4 is 38.5 Å². The largest absolute Gasteiger partial charge is 0.480 e. The van der Waals surface area contributed by atoms with Gasteiger partial charge in [-0.05, 0) is 18.6 Å². The van der Waals surface area contributed by atoms with E-state index < -0.39 is 12.0 Å².